The second-order valence-electron chi connectivity index (χ2n) is 4.24. The largest absolute Gasteiger partial charge is 0.493 e. The van der Waals surface area contributed by atoms with E-state index in [1.54, 1.807) is 14.2 Å². The maximum atomic E-state index is 5.59. The molecule has 96 valence electrons. The fourth-order valence-electron chi connectivity index (χ4n) is 1.54. The quantitative estimate of drug-likeness (QED) is 0.796. The lowest BCUT2D eigenvalue weighted by atomic mass is 10.1. The van der Waals surface area contributed by atoms with Gasteiger partial charge in [-0.05, 0) is 31.0 Å². The predicted octanol–water partition coefficient (Wildman–Crippen LogP) is 2.02. The Morgan fingerprint density at radius 2 is 1.82 bits per heavy atom. The van der Waals surface area contributed by atoms with Crippen LogP contribution in [0.5, 0.6) is 11.5 Å². The minimum atomic E-state index is 0.447. The summed E-state index contributed by atoms with van der Waals surface area (Å²) in [7, 11) is 3.28. The Balaban J connectivity index is 2.85. The Bertz CT molecular complexity index is 367. The molecule has 1 rings (SSSR count). The van der Waals surface area contributed by atoms with Gasteiger partial charge in [0.25, 0.3) is 0 Å². The Kier molecular flexibility index (Phi) is 5.10. The van der Waals surface area contributed by atoms with Crippen LogP contribution < -0.4 is 20.5 Å². The van der Waals surface area contributed by atoms with Gasteiger partial charge in [0, 0.05) is 18.3 Å². The molecule has 0 bridgehead atoms. The molecule has 17 heavy (non-hydrogen) atoms. The van der Waals surface area contributed by atoms with Crippen LogP contribution in [-0.4, -0.2) is 27.3 Å². The molecule has 1 aromatic rings. The van der Waals surface area contributed by atoms with Crippen molar-refractivity contribution < 1.29 is 9.47 Å². The summed E-state index contributed by atoms with van der Waals surface area (Å²) in [5.74, 6) is 1.94. The fraction of sp³-hybridized carbons (Fsp3) is 0.538. The van der Waals surface area contributed by atoms with Crippen LogP contribution in [-0.2, 0) is 0 Å². The highest BCUT2D eigenvalue weighted by Crippen LogP contribution is 2.32. The number of benzene rings is 1. The summed E-state index contributed by atoms with van der Waals surface area (Å²) in [6, 6.07) is 3.92. The van der Waals surface area contributed by atoms with E-state index in [9.17, 15) is 0 Å². The SMILES string of the molecule is COc1cc(C)c(NCC(C)CN)cc1OC. The number of anilines is 1. The minimum absolute atomic E-state index is 0.447. The van der Waals surface area contributed by atoms with E-state index >= 15 is 0 Å². The summed E-state index contributed by atoms with van der Waals surface area (Å²) < 4.78 is 10.5. The molecule has 0 amide bonds. The van der Waals surface area contributed by atoms with Gasteiger partial charge >= 0.3 is 0 Å². The smallest absolute Gasteiger partial charge is 0.162 e. The maximum absolute atomic E-state index is 5.59. The van der Waals surface area contributed by atoms with E-state index in [1.165, 1.54) is 0 Å². The molecule has 0 heterocycles. The maximum Gasteiger partial charge on any atom is 0.162 e. The molecule has 0 spiro atoms. The van der Waals surface area contributed by atoms with Gasteiger partial charge in [-0.15, -0.1) is 0 Å². The highest BCUT2D eigenvalue weighted by atomic mass is 16.5. The molecule has 0 fully saturated rings. The number of rotatable bonds is 6. The summed E-state index contributed by atoms with van der Waals surface area (Å²) in [5, 5.41) is 3.37. The van der Waals surface area contributed by atoms with Crippen molar-refractivity contribution >= 4 is 5.69 Å². The Morgan fingerprint density at radius 1 is 1.24 bits per heavy atom. The van der Waals surface area contributed by atoms with Gasteiger partial charge < -0.3 is 20.5 Å². The second kappa shape index (κ2) is 6.35. The third kappa shape index (κ3) is 3.53. The first kappa shape index (κ1) is 13.6. The number of nitrogens with one attached hydrogen (secondary N) is 1. The number of nitrogens with two attached hydrogens (primary N) is 1. The van der Waals surface area contributed by atoms with Crippen molar-refractivity contribution in [3.63, 3.8) is 0 Å². The molecule has 3 N–H and O–H groups in total. The van der Waals surface area contributed by atoms with Gasteiger partial charge in [0.1, 0.15) is 0 Å². The van der Waals surface area contributed by atoms with Crippen LogP contribution in [0, 0.1) is 12.8 Å². The van der Waals surface area contributed by atoms with Crippen molar-refractivity contribution in [1.82, 2.24) is 0 Å². The van der Waals surface area contributed by atoms with Gasteiger partial charge in [0.15, 0.2) is 11.5 Å². The fourth-order valence-corrected chi connectivity index (χ4v) is 1.54. The van der Waals surface area contributed by atoms with Gasteiger partial charge in [0.2, 0.25) is 0 Å². The molecule has 1 unspecified atom stereocenters. The third-order valence-corrected chi connectivity index (χ3v) is 2.77. The molecular formula is C13H22N2O2. The molecule has 4 heteroatoms. The van der Waals surface area contributed by atoms with Crippen molar-refractivity contribution in [2.24, 2.45) is 11.7 Å². The summed E-state index contributed by atoms with van der Waals surface area (Å²) in [5.41, 5.74) is 7.78. The molecule has 0 saturated heterocycles. The van der Waals surface area contributed by atoms with Gasteiger partial charge in [-0.2, -0.15) is 0 Å². The average Bonchev–Trinajstić information content (AvgIpc) is 2.36. The molecular weight excluding hydrogens is 216 g/mol. The Morgan fingerprint density at radius 3 is 2.35 bits per heavy atom. The van der Waals surface area contributed by atoms with Crippen molar-refractivity contribution in [2.45, 2.75) is 13.8 Å². The van der Waals surface area contributed by atoms with Gasteiger partial charge in [0.05, 0.1) is 14.2 Å². The van der Waals surface area contributed by atoms with E-state index in [2.05, 4.69) is 12.2 Å². The lowest BCUT2D eigenvalue weighted by Gasteiger charge is -2.16. The minimum Gasteiger partial charge on any atom is -0.493 e. The van der Waals surface area contributed by atoms with Crippen molar-refractivity contribution in [1.29, 1.82) is 0 Å². The van der Waals surface area contributed by atoms with E-state index in [-0.39, 0.29) is 0 Å². The zero-order valence-electron chi connectivity index (χ0n) is 11.0. The number of hydrogen-bond donors (Lipinski definition) is 2. The zero-order valence-corrected chi connectivity index (χ0v) is 11.0. The van der Waals surface area contributed by atoms with Crippen LogP contribution in [0.15, 0.2) is 12.1 Å². The molecule has 0 aliphatic carbocycles. The molecule has 0 saturated carbocycles. The van der Waals surface area contributed by atoms with Crippen LogP contribution in [0.25, 0.3) is 0 Å². The van der Waals surface area contributed by atoms with E-state index in [0.29, 0.717) is 12.5 Å². The first-order chi connectivity index (χ1) is 8.12. The number of methoxy groups -OCH3 is 2. The van der Waals surface area contributed by atoms with Crippen LogP contribution in [0.4, 0.5) is 5.69 Å². The average molecular weight is 238 g/mol. The van der Waals surface area contributed by atoms with Gasteiger partial charge in [-0.1, -0.05) is 6.92 Å². The summed E-state index contributed by atoms with van der Waals surface area (Å²) in [6.45, 7) is 5.69. The monoisotopic (exact) mass is 238 g/mol. The predicted molar refractivity (Wildman–Crippen MR) is 71.0 cm³/mol. The summed E-state index contributed by atoms with van der Waals surface area (Å²) in [4.78, 5) is 0. The highest BCUT2D eigenvalue weighted by molar-refractivity contribution is 5.60. The molecule has 0 radical (unpaired) electrons. The van der Waals surface area contributed by atoms with Crippen LogP contribution in [0.1, 0.15) is 12.5 Å². The number of aryl methyl sites for hydroxylation is 1. The molecule has 1 aromatic carbocycles. The van der Waals surface area contributed by atoms with E-state index in [4.69, 9.17) is 15.2 Å². The van der Waals surface area contributed by atoms with E-state index in [1.807, 2.05) is 19.1 Å². The van der Waals surface area contributed by atoms with Crippen LogP contribution in [0.3, 0.4) is 0 Å². The van der Waals surface area contributed by atoms with Crippen molar-refractivity contribution in [3.8, 4) is 11.5 Å². The standard InChI is InChI=1S/C13H22N2O2/c1-9(7-14)8-15-11-6-13(17-4)12(16-3)5-10(11)2/h5-6,9,15H,7-8,14H2,1-4H3. The first-order valence-corrected chi connectivity index (χ1v) is 5.79. The number of ether oxygens (including phenoxy) is 2. The molecule has 0 aliphatic heterocycles. The summed E-state index contributed by atoms with van der Waals surface area (Å²) in [6.07, 6.45) is 0. The van der Waals surface area contributed by atoms with Crippen molar-refractivity contribution in [3.05, 3.63) is 17.7 Å². The lowest BCUT2D eigenvalue weighted by Crippen LogP contribution is -2.20. The highest BCUT2D eigenvalue weighted by Gasteiger charge is 2.08. The zero-order chi connectivity index (χ0) is 12.8. The molecule has 0 aliphatic rings. The van der Waals surface area contributed by atoms with Crippen LogP contribution >= 0.6 is 0 Å². The third-order valence-electron chi connectivity index (χ3n) is 2.77. The van der Waals surface area contributed by atoms with Gasteiger partial charge in [-0.3, -0.25) is 0 Å². The normalized spacial score (nSPS) is 12.1. The Labute approximate surface area is 103 Å². The topological polar surface area (TPSA) is 56.5 Å². The van der Waals surface area contributed by atoms with Crippen LogP contribution in [0.2, 0.25) is 0 Å². The second-order valence-corrected chi connectivity index (χ2v) is 4.24. The summed E-state index contributed by atoms with van der Waals surface area (Å²) >= 11 is 0. The van der Waals surface area contributed by atoms with E-state index in [0.717, 1.165) is 29.3 Å². The molecule has 4 nitrogen and oxygen atoms in total. The number of hydrogen-bond acceptors (Lipinski definition) is 4. The van der Waals surface area contributed by atoms with Crippen molar-refractivity contribution in [2.75, 3.05) is 32.6 Å². The molecule has 1 atom stereocenters. The Hall–Kier alpha value is -1.42. The van der Waals surface area contributed by atoms with Gasteiger partial charge in [-0.25, -0.2) is 0 Å². The lowest BCUT2D eigenvalue weighted by molar-refractivity contribution is 0.355. The molecule has 0 aromatic heterocycles. The first-order valence-electron chi connectivity index (χ1n) is 5.79. The van der Waals surface area contributed by atoms with E-state index < -0.39 is 0 Å².